The zero-order valence-electron chi connectivity index (χ0n) is 14.8. The number of rotatable bonds is 9. The Balaban J connectivity index is 1.90. The van der Waals surface area contributed by atoms with E-state index < -0.39 is 12.0 Å². The molecule has 0 radical (unpaired) electrons. The molecule has 6 heteroatoms. The van der Waals surface area contributed by atoms with Crippen molar-refractivity contribution in [2.45, 2.75) is 39.5 Å². The van der Waals surface area contributed by atoms with Gasteiger partial charge in [-0.25, -0.2) is 0 Å². The van der Waals surface area contributed by atoms with Crippen LogP contribution in [-0.2, 0) is 17.9 Å². The fraction of sp³-hybridized carbons (Fsp3) is 0.350. The summed E-state index contributed by atoms with van der Waals surface area (Å²) in [5.41, 5.74) is 1.74. The van der Waals surface area contributed by atoms with Crippen LogP contribution in [0.5, 0.6) is 5.75 Å². The lowest BCUT2D eigenvalue weighted by Gasteiger charge is -2.16. The number of carboxylic acid groups (broad SMARTS) is 1. The molecule has 1 unspecified atom stereocenters. The fourth-order valence-corrected chi connectivity index (χ4v) is 3.02. The topological polar surface area (TPSA) is 58.6 Å². The molecule has 0 bridgehead atoms. The molecule has 26 heavy (non-hydrogen) atoms. The summed E-state index contributed by atoms with van der Waals surface area (Å²) in [5, 5.41) is 13.5. The summed E-state index contributed by atoms with van der Waals surface area (Å²) in [5.74, 6) is 0.188. The van der Waals surface area contributed by atoms with Crippen LogP contribution in [0.4, 0.5) is 0 Å². The standard InChI is InChI=1S/C20H23Cl2NO3/c1-13(2)10-19(20(24)25)23-11-14-6-8-15(9-7-14)26-12-16-17(21)4-3-5-18(16)22/h3-9,13,19,23H,10-12H2,1-2H3,(H,24,25). The van der Waals surface area contributed by atoms with Gasteiger partial charge in [0, 0.05) is 22.2 Å². The number of ether oxygens (including phenoxy) is 1. The van der Waals surface area contributed by atoms with E-state index in [-0.39, 0.29) is 6.61 Å². The monoisotopic (exact) mass is 395 g/mol. The van der Waals surface area contributed by atoms with Crippen molar-refractivity contribution >= 4 is 29.2 Å². The van der Waals surface area contributed by atoms with Crippen LogP contribution in [0.3, 0.4) is 0 Å². The molecule has 0 aliphatic carbocycles. The van der Waals surface area contributed by atoms with E-state index in [0.717, 1.165) is 11.1 Å². The van der Waals surface area contributed by atoms with Crippen LogP contribution in [0.15, 0.2) is 42.5 Å². The van der Waals surface area contributed by atoms with E-state index in [1.807, 2.05) is 38.1 Å². The lowest BCUT2D eigenvalue weighted by atomic mass is 10.0. The Hall–Kier alpha value is -1.75. The van der Waals surface area contributed by atoms with Crippen LogP contribution in [0.25, 0.3) is 0 Å². The second kappa shape index (κ2) is 9.81. The quantitative estimate of drug-likeness (QED) is 0.615. The molecule has 0 aliphatic rings. The molecule has 0 heterocycles. The first-order valence-electron chi connectivity index (χ1n) is 8.47. The third-order valence-corrected chi connectivity index (χ3v) is 4.63. The Labute approximate surface area is 164 Å². The molecule has 1 atom stereocenters. The second-order valence-corrected chi connectivity index (χ2v) is 7.35. The number of nitrogens with one attached hydrogen (secondary N) is 1. The molecule has 2 aromatic carbocycles. The molecule has 0 aliphatic heterocycles. The molecule has 2 aromatic rings. The highest BCUT2D eigenvalue weighted by atomic mass is 35.5. The van der Waals surface area contributed by atoms with Crippen molar-refractivity contribution in [3.63, 3.8) is 0 Å². The minimum Gasteiger partial charge on any atom is -0.489 e. The summed E-state index contributed by atoms with van der Waals surface area (Å²) >= 11 is 12.3. The normalized spacial score (nSPS) is 12.2. The first-order chi connectivity index (χ1) is 12.4. The summed E-state index contributed by atoms with van der Waals surface area (Å²) in [6.45, 7) is 4.79. The Kier molecular flexibility index (Phi) is 7.76. The van der Waals surface area contributed by atoms with Gasteiger partial charge >= 0.3 is 5.97 Å². The predicted molar refractivity (Wildman–Crippen MR) is 105 cm³/mol. The summed E-state index contributed by atoms with van der Waals surface area (Å²) in [7, 11) is 0. The Bertz CT molecular complexity index is 712. The lowest BCUT2D eigenvalue weighted by molar-refractivity contribution is -0.140. The van der Waals surface area contributed by atoms with Crippen molar-refractivity contribution < 1.29 is 14.6 Å². The Morgan fingerprint density at radius 3 is 2.27 bits per heavy atom. The fourth-order valence-electron chi connectivity index (χ4n) is 2.51. The number of carboxylic acids is 1. The van der Waals surface area contributed by atoms with E-state index in [1.165, 1.54) is 0 Å². The number of halogens is 2. The molecule has 0 amide bonds. The van der Waals surface area contributed by atoms with Gasteiger partial charge in [-0.15, -0.1) is 0 Å². The molecular formula is C20H23Cl2NO3. The molecule has 0 saturated carbocycles. The smallest absolute Gasteiger partial charge is 0.320 e. The molecule has 140 valence electrons. The van der Waals surface area contributed by atoms with Crippen molar-refractivity contribution in [1.82, 2.24) is 5.32 Å². The van der Waals surface area contributed by atoms with Gasteiger partial charge in [-0.1, -0.05) is 55.2 Å². The molecular weight excluding hydrogens is 373 g/mol. The lowest BCUT2D eigenvalue weighted by Crippen LogP contribution is -2.37. The van der Waals surface area contributed by atoms with E-state index in [2.05, 4.69) is 5.32 Å². The van der Waals surface area contributed by atoms with E-state index in [4.69, 9.17) is 27.9 Å². The van der Waals surface area contributed by atoms with Gasteiger partial charge in [-0.05, 0) is 42.2 Å². The molecule has 4 nitrogen and oxygen atoms in total. The first kappa shape index (κ1) is 20.6. The Morgan fingerprint density at radius 1 is 1.12 bits per heavy atom. The maximum absolute atomic E-state index is 11.3. The van der Waals surface area contributed by atoms with Gasteiger partial charge in [-0.3, -0.25) is 4.79 Å². The van der Waals surface area contributed by atoms with Gasteiger partial charge in [0.1, 0.15) is 18.4 Å². The number of benzene rings is 2. The van der Waals surface area contributed by atoms with Crippen LogP contribution in [0, 0.1) is 5.92 Å². The minimum absolute atomic E-state index is 0.283. The second-order valence-electron chi connectivity index (χ2n) is 6.53. The summed E-state index contributed by atoms with van der Waals surface area (Å²) in [6.07, 6.45) is 0.592. The van der Waals surface area contributed by atoms with E-state index in [0.29, 0.717) is 34.7 Å². The maximum Gasteiger partial charge on any atom is 0.320 e. The number of aliphatic carboxylic acids is 1. The van der Waals surface area contributed by atoms with E-state index in [9.17, 15) is 9.90 Å². The largest absolute Gasteiger partial charge is 0.489 e. The van der Waals surface area contributed by atoms with Gasteiger partial charge in [0.05, 0.1) is 0 Å². The van der Waals surface area contributed by atoms with Gasteiger partial charge in [-0.2, -0.15) is 0 Å². The third kappa shape index (κ3) is 6.20. The summed E-state index contributed by atoms with van der Waals surface area (Å²) < 4.78 is 5.74. The van der Waals surface area contributed by atoms with Crippen molar-refractivity contribution in [3.8, 4) is 5.75 Å². The predicted octanol–water partition coefficient (Wildman–Crippen LogP) is 5.16. The summed E-state index contributed by atoms with van der Waals surface area (Å²) in [6, 6.07) is 12.3. The number of hydrogen-bond acceptors (Lipinski definition) is 3. The van der Waals surface area contributed by atoms with Gasteiger partial charge in [0.2, 0.25) is 0 Å². The average Bonchev–Trinajstić information content (AvgIpc) is 2.58. The highest BCUT2D eigenvalue weighted by Crippen LogP contribution is 2.26. The van der Waals surface area contributed by atoms with Crippen LogP contribution in [-0.4, -0.2) is 17.1 Å². The van der Waals surface area contributed by atoms with Gasteiger partial charge in [0.15, 0.2) is 0 Å². The SMILES string of the molecule is CC(C)CC(NCc1ccc(OCc2c(Cl)cccc2Cl)cc1)C(=O)O. The number of hydrogen-bond donors (Lipinski definition) is 2. The summed E-state index contributed by atoms with van der Waals surface area (Å²) in [4.78, 5) is 11.3. The minimum atomic E-state index is -0.824. The van der Waals surface area contributed by atoms with Crippen LogP contribution in [0.1, 0.15) is 31.4 Å². The van der Waals surface area contributed by atoms with Crippen LogP contribution >= 0.6 is 23.2 Å². The molecule has 2 rings (SSSR count). The van der Waals surface area contributed by atoms with Crippen molar-refractivity contribution in [1.29, 1.82) is 0 Å². The third-order valence-electron chi connectivity index (χ3n) is 3.93. The van der Waals surface area contributed by atoms with Crippen LogP contribution in [0.2, 0.25) is 10.0 Å². The average molecular weight is 396 g/mol. The van der Waals surface area contributed by atoms with Crippen molar-refractivity contribution in [2.24, 2.45) is 5.92 Å². The molecule has 0 fully saturated rings. The molecule has 0 saturated heterocycles. The van der Waals surface area contributed by atoms with Gasteiger partial charge < -0.3 is 15.2 Å². The molecule has 2 N–H and O–H groups in total. The number of carbonyl (C=O) groups is 1. The van der Waals surface area contributed by atoms with Gasteiger partial charge in [0.25, 0.3) is 0 Å². The van der Waals surface area contributed by atoms with Crippen LogP contribution < -0.4 is 10.1 Å². The van der Waals surface area contributed by atoms with Crippen molar-refractivity contribution in [3.05, 3.63) is 63.6 Å². The van der Waals surface area contributed by atoms with E-state index >= 15 is 0 Å². The molecule has 0 aromatic heterocycles. The highest BCUT2D eigenvalue weighted by Gasteiger charge is 2.17. The highest BCUT2D eigenvalue weighted by molar-refractivity contribution is 6.35. The zero-order chi connectivity index (χ0) is 19.1. The van der Waals surface area contributed by atoms with Crippen molar-refractivity contribution in [2.75, 3.05) is 0 Å². The zero-order valence-corrected chi connectivity index (χ0v) is 16.3. The van der Waals surface area contributed by atoms with E-state index in [1.54, 1.807) is 18.2 Å². The first-order valence-corrected chi connectivity index (χ1v) is 9.23. The molecule has 0 spiro atoms. The Morgan fingerprint density at radius 2 is 1.73 bits per heavy atom. The maximum atomic E-state index is 11.3.